The summed E-state index contributed by atoms with van der Waals surface area (Å²) < 4.78 is 44.4. The molecule has 0 amide bonds. The van der Waals surface area contributed by atoms with Gasteiger partial charge in [0.2, 0.25) is 10.0 Å². The van der Waals surface area contributed by atoms with Crippen molar-refractivity contribution in [1.82, 2.24) is 4.72 Å². The summed E-state index contributed by atoms with van der Waals surface area (Å²) in [4.78, 5) is 22.2. The van der Waals surface area contributed by atoms with E-state index < -0.39 is 42.7 Å². The lowest BCUT2D eigenvalue weighted by molar-refractivity contribution is -0.387. The highest BCUT2D eigenvalue weighted by molar-refractivity contribution is 7.89. The van der Waals surface area contributed by atoms with Gasteiger partial charge in [-0.05, 0) is 38.7 Å². The Bertz CT molecular complexity index is 965. The van der Waals surface area contributed by atoms with Gasteiger partial charge in [0.1, 0.15) is 0 Å². The van der Waals surface area contributed by atoms with E-state index in [1.54, 1.807) is 6.92 Å². The molecule has 1 saturated heterocycles. The first kappa shape index (κ1) is 30.1. The number of nitro groups is 1. The standard InChI is InChI=1S/C23H36N2O10S/c1-2-33-21(28)17-22(18-27,9-6-14-26)11-12-23(34-15-16-35-23)10-5-13-24-36(31,32)20-8-4-3-7-19(20)25(29)30/h3-4,7-8,24,26-27H,2,5-6,9-18H2,1H3/t22-/m1/s1. The number of rotatable bonds is 17. The van der Waals surface area contributed by atoms with E-state index in [1.807, 2.05) is 0 Å². The molecule has 3 N–H and O–H groups in total. The maximum atomic E-state index is 12.6. The molecule has 13 heteroatoms. The van der Waals surface area contributed by atoms with E-state index in [0.717, 1.165) is 6.07 Å². The number of aliphatic hydroxyl groups excluding tert-OH is 2. The van der Waals surface area contributed by atoms with Crippen LogP contribution in [0.3, 0.4) is 0 Å². The van der Waals surface area contributed by atoms with Crippen molar-refractivity contribution in [3.8, 4) is 0 Å². The van der Waals surface area contributed by atoms with Crippen LogP contribution in [-0.2, 0) is 29.0 Å². The molecular formula is C23H36N2O10S. The molecule has 204 valence electrons. The molecule has 12 nitrogen and oxygen atoms in total. The fraction of sp³-hybridized carbons (Fsp3) is 0.696. The predicted octanol–water partition coefficient (Wildman–Crippen LogP) is 1.88. The lowest BCUT2D eigenvalue weighted by atomic mass is 9.75. The molecule has 0 aromatic heterocycles. The minimum atomic E-state index is -4.10. The van der Waals surface area contributed by atoms with Crippen molar-refractivity contribution in [2.75, 3.05) is 39.6 Å². The Balaban J connectivity index is 2.02. The Morgan fingerprint density at radius 2 is 1.89 bits per heavy atom. The molecule has 1 aliphatic heterocycles. The first-order valence-corrected chi connectivity index (χ1v) is 13.5. The maximum absolute atomic E-state index is 12.6. The van der Waals surface area contributed by atoms with Crippen LogP contribution >= 0.6 is 0 Å². The number of hydrogen-bond acceptors (Lipinski definition) is 10. The van der Waals surface area contributed by atoms with Crippen LogP contribution in [0.5, 0.6) is 0 Å². The number of sulfonamides is 1. The lowest BCUT2D eigenvalue weighted by Gasteiger charge is -2.35. The summed E-state index contributed by atoms with van der Waals surface area (Å²) >= 11 is 0. The van der Waals surface area contributed by atoms with Gasteiger partial charge in [0.05, 0.1) is 31.2 Å². The van der Waals surface area contributed by atoms with Gasteiger partial charge in [0.25, 0.3) is 5.69 Å². The van der Waals surface area contributed by atoms with Crippen LogP contribution < -0.4 is 4.72 Å². The molecule has 0 saturated carbocycles. The molecule has 1 aromatic rings. The molecule has 0 aliphatic carbocycles. The third kappa shape index (κ3) is 8.46. The van der Waals surface area contributed by atoms with Crippen molar-refractivity contribution in [2.45, 2.75) is 62.6 Å². The molecule has 1 atom stereocenters. The van der Waals surface area contributed by atoms with Crippen molar-refractivity contribution < 1.29 is 42.6 Å². The van der Waals surface area contributed by atoms with Gasteiger partial charge in [-0.2, -0.15) is 0 Å². The number of esters is 1. The summed E-state index contributed by atoms with van der Waals surface area (Å²) in [5, 5.41) is 30.6. The molecule has 1 aliphatic rings. The van der Waals surface area contributed by atoms with Gasteiger partial charge >= 0.3 is 5.97 Å². The van der Waals surface area contributed by atoms with Gasteiger partial charge in [-0.25, -0.2) is 13.1 Å². The van der Waals surface area contributed by atoms with Gasteiger partial charge in [-0.3, -0.25) is 14.9 Å². The summed E-state index contributed by atoms with van der Waals surface area (Å²) in [6.45, 7) is 2.26. The highest BCUT2D eigenvalue weighted by atomic mass is 32.2. The Morgan fingerprint density at radius 3 is 2.50 bits per heavy atom. The molecule has 1 heterocycles. The van der Waals surface area contributed by atoms with E-state index in [4.69, 9.17) is 14.2 Å². The third-order valence-corrected chi connectivity index (χ3v) is 7.76. The van der Waals surface area contributed by atoms with Gasteiger partial charge in [0, 0.05) is 44.1 Å². The number of ether oxygens (including phenoxy) is 3. The zero-order valence-electron chi connectivity index (χ0n) is 20.5. The van der Waals surface area contributed by atoms with E-state index >= 15 is 0 Å². The number of nitro benzene ring substituents is 1. The van der Waals surface area contributed by atoms with Crippen molar-refractivity contribution in [3.63, 3.8) is 0 Å². The van der Waals surface area contributed by atoms with E-state index in [1.165, 1.54) is 18.2 Å². The molecule has 1 aromatic carbocycles. The Hall–Kier alpha value is -2.16. The average molecular weight is 533 g/mol. The average Bonchev–Trinajstić information content (AvgIpc) is 3.33. The van der Waals surface area contributed by atoms with Gasteiger partial charge in [-0.1, -0.05) is 12.1 Å². The number of benzene rings is 1. The minimum absolute atomic E-state index is 0.00132. The Kier molecular flexibility index (Phi) is 11.7. The van der Waals surface area contributed by atoms with Crippen LogP contribution in [0.4, 0.5) is 5.69 Å². The predicted molar refractivity (Wildman–Crippen MR) is 128 cm³/mol. The van der Waals surface area contributed by atoms with Crippen LogP contribution in [0.1, 0.15) is 51.9 Å². The second kappa shape index (κ2) is 14.0. The number of carbonyl (C=O) groups is 1. The van der Waals surface area contributed by atoms with Gasteiger partial charge in [0.15, 0.2) is 10.7 Å². The van der Waals surface area contributed by atoms with Crippen molar-refractivity contribution in [1.29, 1.82) is 0 Å². The van der Waals surface area contributed by atoms with Crippen molar-refractivity contribution in [3.05, 3.63) is 34.4 Å². The Labute approximate surface area is 211 Å². The molecule has 0 radical (unpaired) electrons. The lowest BCUT2D eigenvalue weighted by Crippen LogP contribution is -2.37. The van der Waals surface area contributed by atoms with Crippen LogP contribution in [0.15, 0.2) is 29.2 Å². The number of aliphatic hydroxyl groups is 2. The highest BCUT2D eigenvalue weighted by Gasteiger charge is 2.41. The number of carbonyl (C=O) groups excluding carboxylic acids is 1. The van der Waals surface area contributed by atoms with Crippen LogP contribution in [0.25, 0.3) is 0 Å². The van der Waals surface area contributed by atoms with Crippen LogP contribution in [0.2, 0.25) is 0 Å². The smallest absolute Gasteiger partial charge is 0.306 e. The Morgan fingerprint density at radius 1 is 1.19 bits per heavy atom. The van der Waals surface area contributed by atoms with Crippen LogP contribution in [0, 0.1) is 15.5 Å². The summed E-state index contributed by atoms with van der Waals surface area (Å²) in [5.41, 5.74) is -1.32. The molecule has 36 heavy (non-hydrogen) atoms. The largest absolute Gasteiger partial charge is 0.466 e. The highest BCUT2D eigenvalue weighted by Crippen LogP contribution is 2.39. The van der Waals surface area contributed by atoms with Crippen molar-refractivity contribution >= 4 is 21.7 Å². The van der Waals surface area contributed by atoms with E-state index in [9.17, 15) is 33.5 Å². The first-order chi connectivity index (χ1) is 17.1. The van der Waals surface area contributed by atoms with E-state index in [2.05, 4.69) is 4.72 Å². The third-order valence-electron chi connectivity index (χ3n) is 6.25. The second-order valence-electron chi connectivity index (χ2n) is 8.80. The molecule has 0 bridgehead atoms. The SMILES string of the molecule is CCOC(=O)C[C@@](CO)(CCCO)CCC1(CCCNS(=O)(=O)c2ccccc2[N+](=O)[O-])OCCO1. The van der Waals surface area contributed by atoms with Gasteiger partial charge < -0.3 is 24.4 Å². The van der Waals surface area contributed by atoms with E-state index in [0.29, 0.717) is 51.7 Å². The number of para-hydroxylation sites is 1. The molecule has 0 unspecified atom stereocenters. The zero-order chi connectivity index (χ0) is 26.7. The first-order valence-electron chi connectivity index (χ1n) is 12.0. The summed E-state index contributed by atoms with van der Waals surface area (Å²) in [6, 6.07) is 5.11. The van der Waals surface area contributed by atoms with Gasteiger partial charge in [-0.15, -0.1) is 0 Å². The quantitative estimate of drug-likeness (QED) is 0.116. The maximum Gasteiger partial charge on any atom is 0.306 e. The summed E-state index contributed by atoms with van der Waals surface area (Å²) in [5.74, 6) is -1.45. The second-order valence-corrected chi connectivity index (χ2v) is 10.5. The molecular weight excluding hydrogens is 496 g/mol. The molecule has 2 rings (SSSR count). The fourth-order valence-corrected chi connectivity index (χ4v) is 5.58. The summed E-state index contributed by atoms with van der Waals surface area (Å²) in [6.07, 6.45) is 2.16. The van der Waals surface area contributed by atoms with Crippen molar-refractivity contribution in [2.24, 2.45) is 5.41 Å². The monoisotopic (exact) mass is 532 g/mol. The summed E-state index contributed by atoms with van der Waals surface area (Å²) in [7, 11) is -4.10. The fourth-order valence-electron chi connectivity index (χ4n) is 4.33. The number of nitrogens with one attached hydrogen (secondary N) is 1. The number of nitrogens with zero attached hydrogens (tertiary/aromatic N) is 1. The molecule has 0 spiro atoms. The zero-order valence-corrected chi connectivity index (χ0v) is 21.3. The minimum Gasteiger partial charge on any atom is -0.466 e. The number of hydrogen-bond donors (Lipinski definition) is 3. The topological polar surface area (TPSA) is 175 Å². The van der Waals surface area contributed by atoms with Crippen LogP contribution in [-0.4, -0.2) is 74.9 Å². The normalized spacial score (nSPS) is 17.0. The van der Waals surface area contributed by atoms with E-state index in [-0.39, 0.29) is 32.8 Å². The molecule has 1 fully saturated rings.